The van der Waals surface area contributed by atoms with Gasteiger partial charge in [0.25, 0.3) is 5.69 Å². The summed E-state index contributed by atoms with van der Waals surface area (Å²) in [5, 5.41) is 13.9. The van der Waals surface area contributed by atoms with E-state index in [9.17, 15) is 14.9 Å². The van der Waals surface area contributed by atoms with Crippen molar-refractivity contribution in [1.82, 2.24) is 14.5 Å². The van der Waals surface area contributed by atoms with E-state index in [1.54, 1.807) is 12.1 Å². The number of nitrogens with zero attached hydrogens (tertiary/aromatic N) is 4. The summed E-state index contributed by atoms with van der Waals surface area (Å²) in [6, 6.07) is 8.46. The van der Waals surface area contributed by atoms with Crippen LogP contribution >= 0.6 is 0 Å². The van der Waals surface area contributed by atoms with Crippen LogP contribution in [0.1, 0.15) is 63.0 Å². The maximum absolute atomic E-state index is 12.2. The lowest BCUT2D eigenvalue weighted by Crippen LogP contribution is -2.13. The summed E-state index contributed by atoms with van der Waals surface area (Å²) >= 11 is 0. The monoisotopic (exact) mass is 423 g/mol. The number of pyridine rings is 1. The van der Waals surface area contributed by atoms with Crippen LogP contribution in [0.4, 0.5) is 11.4 Å². The Morgan fingerprint density at radius 3 is 2.48 bits per heavy atom. The third-order valence-electron chi connectivity index (χ3n) is 5.26. The Kier molecular flexibility index (Phi) is 7.33. The topological polar surface area (TPSA) is 103 Å². The second kappa shape index (κ2) is 10.1. The summed E-state index contributed by atoms with van der Waals surface area (Å²) in [6.45, 7) is 6.60. The van der Waals surface area contributed by atoms with E-state index in [0.717, 1.165) is 60.3 Å². The third-order valence-corrected chi connectivity index (χ3v) is 5.26. The summed E-state index contributed by atoms with van der Waals surface area (Å²) < 4.78 is 2.07. The number of carbonyl (C=O) groups is 1. The lowest BCUT2D eigenvalue weighted by Gasteiger charge is -2.11. The number of unbranched alkanes of at least 4 members (excludes halogenated alkanes) is 2. The number of hydrogen-bond acceptors (Lipinski definition) is 5. The van der Waals surface area contributed by atoms with Gasteiger partial charge in [-0.1, -0.05) is 38.8 Å². The van der Waals surface area contributed by atoms with Crippen LogP contribution in [0.25, 0.3) is 11.2 Å². The van der Waals surface area contributed by atoms with Crippen molar-refractivity contribution >= 4 is 28.4 Å². The number of anilines is 1. The number of non-ortho nitro benzene ring substituents is 1. The lowest BCUT2D eigenvalue weighted by molar-refractivity contribution is -0.384. The molecule has 0 saturated carbocycles. The Labute approximate surface area is 181 Å². The van der Waals surface area contributed by atoms with Gasteiger partial charge >= 0.3 is 0 Å². The number of carbonyl (C=O) groups excluding carboxylic acids is 1. The van der Waals surface area contributed by atoms with Gasteiger partial charge in [-0.2, -0.15) is 0 Å². The normalized spacial score (nSPS) is 11.1. The van der Waals surface area contributed by atoms with E-state index in [-0.39, 0.29) is 11.6 Å². The summed E-state index contributed by atoms with van der Waals surface area (Å²) in [5.41, 5.74) is 3.94. The number of rotatable bonds is 10. The molecule has 0 atom stereocenters. The molecule has 31 heavy (non-hydrogen) atoms. The molecular formula is C23H29N5O3. The van der Waals surface area contributed by atoms with E-state index < -0.39 is 4.92 Å². The SMILES string of the molecule is CCCCC(=O)Nc1cc2nc(CCCC)n(Cc3ccc([N+](=O)[O-])cc3)c2nc1C. The predicted octanol–water partition coefficient (Wildman–Crippen LogP) is 5.17. The molecule has 0 saturated heterocycles. The quantitative estimate of drug-likeness (QED) is 0.358. The van der Waals surface area contributed by atoms with Crippen LogP contribution in [-0.2, 0) is 17.8 Å². The van der Waals surface area contributed by atoms with Gasteiger partial charge in [-0.15, -0.1) is 0 Å². The number of benzene rings is 1. The van der Waals surface area contributed by atoms with Gasteiger partial charge in [-0.3, -0.25) is 14.9 Å². The summed E-state index contributed by atoms with van der Waals surface area (Å²) in [4.78, 5) is 32.3. The third kappa shape index (κ3) is 5.45. The Bertz CT molecular complexity index is 1070. The van der Waals surface area contributed by atoms with E-state index in [1.165, 1.54) is 12.1 Å². The van der Waals surface area contributed by atoms with Crippen LogP contribution in [0.3, 0.4) is 0 Å². The maximum Gasteiger partial charge on any atom is 0.269 e. The molecule has 0 aliphatic carbocycles. The Morgan fingerprint density at radius 1 is 1.13 bits per heavy atom. The first kappa shape index (κ1) is 22.4. The van der Waals surface area contributed by atoms with E-state index >= 15 is 0 Å². The van der Waals surface area contributed by atoms with Crippen molar-refractivity contribution in [3.8, 4) is 0 Å². The highest BCUT2D eigenvalue weighted by molar-refractivity contribution is 5.93. The zero-order valence-electron chi connectivity index (χ0n) is 18.4. The summed E-state index contributed by atoms with van der Waals surface area (Å²) in [6.07, 6.45) is 5.18. The van der Waals surface area contributed by atoms with Crippen LogP contribution in [0.5, 0.6) is 0 Å². The molecule has 2 heterocycles. The fraction of sp³-hybridized carbons (Fsp3) is 0.435. The number of nitrogens with one attached hydrogen (secondary N) is 1. The fourth-order valence-electron chi connectivity index (χ4n) is 3.46. The van der Waals surface area contributed by atoms with Crippen molar-refractivity contribution in [2.45, 2.75) is 65.8 Å². The average Bonchev–Trinajstić information content (AvgIpc) is 3.07. The first-order chi connectivity index (χ1) is 14.9. The molecule has 0 aliphatic heterocycles. The molecule has 1 aromatic carbocycles. The predicted molar refractivity (Wildman–Crippen MR) is 121 cm³/mol. The number of fused-ring (bicyclic) bond motifs is 1. The van der Waals surface area contributed by atoms with Gasteiger partial charge in [-0.05, 0) is 31.4 Å². The average molecular weight is 424 g/mol. The molecule has 2 aromatic heterocycles. The minimum Gasteiger partial charge on any atom is -0.324 e. The van der Waals surface area contributed by atoms with Crippen molar-refractivity contribution in [3.63, 3.8) is 0 Å². The summed E-state index contributed by atoms with van der Waals surface area (Å²) in [5.74, 6) is 0.916. The number of imidazole rings is 1. The lowest BCUT2D eigenvalue weighted by atomic mass is 10.2. The number of hydrogen-bond donors (Lipinski definition) is 1. The van der Waals surface area contributed by atoms with Crippen LogP contribution in [0, 0.1) is 17.0 Å². The molecule has 0 radical (unpaired) electrons. The van der Waals surface area contributed by atoms with E-state index in [1.807, 2.05) is 13.0 Å². The minimum absolute atomic E-state index is 0.0115. The molecule has 0 unspecified atom stereocenters. The van der Waals surface area contributed by atoms with Gasteiger partial charge in [0.1, 0.15) is 11.3 Å². The second-order valence-corrected chi connectivity index (χ2v) is 7.76. The molecule has 8 nitrogen and oxygen atoms in total. The molecule has 1 amide bonds. The molecule has 3 rings (SSSR count). The highest BCUT2D eigenvalue weighted by Gasteiger charge is 2.16. The van der Waals surface area contributed by atoms with Crippen LogP contribution < -0.4 is 5.32 Å². The standard InChI is InChI=1S/C23H29N5O3/c1-4-6-8-21-25-20-14-19(26-22(29)9-7-5-2)16(3)24-23(20)27(21)15-17-10-12-18(13-11-17)28(30)31/h10-14H,4-9,15H2,1-3H3,(H,26,29). The second-order valence-electron chi connectivity index (χ2n) is 7.76. The van der Waals surface area contributed by atoms with Gasteiger partial charge in [-0.25, -0.2) is 9.97 Å². The van der Waals surface area contributed by atoms with Crippen molar-refractivity contribution in [2.24, 2.45) is 0 Å². The van der Waals surface area contributed by atoms with Gasteiger partial charge in [0.05, 0.1) is 22.8 Å². The van der Waals surface area contributed by atoms with E-state index in [2.05, 4.69) is 23.7 Å². The number of aryl methyl sites for hydroxylation is 2. The van der Waals surface area contributed by atoms with Crippen LogP contribution in [-0.4, -0.2) is 25.4 Å². The fourth-order valence-corrected chi connectivity index (χ4v) is 3.46. The first-order valence-corrected chi connectivity index (χ1v) is 10.8. The van der Waals surface area contributed by atoms with Gasteiger partial charge < -0.3 is 9.88 Å². The Balaban J connectivity index is 1.95. The molecule has 0 bridgehead atoms. The highest BCUT2D eigenvalue weighted by atomic mass is 16.6. The van der Waals surface area contributed by atoms with Gasteiger partial charge in [0, 0.05) is 25.0 Å². The van der Waals surface area contributed by atoms with E-state index in [4.69, 9.17) is 9.97 Å². The highest BCUT2D eigenvalue weighted by Crippen LogP contribution is 2.24. The zero-order valence-corrected chi connectivity index (χ0v) is 18.4. The van der Waals surface area contributed by atoms with Crippen LogP contribution in [0.2, 0.25) is 0 Å². The minimum atomic E-state index is -0.398. The smallest absolute Gasteiger partial charge is 0.269 e. The van der Waals surface area contributed by atoms with Gasteiger partial charge in [0.15, 0.2) is 5.65 Å². The molecular weight excluding hydrogens is 394 g/mol. The van der Waals surface area contributed by atoms with E-state index in [0.29, 0.717) is 18.7 Å². The van der Waals surface area contributed by atoms with Gasteiger partial charge in [0.2, 0.25) is 5.91 Å². The number of nitro benzene ring substituents is 1. The maximum atomic E-state index is 12.2. The van der Waals surface area contributed by atoms with Crippen molar-refractivity contribution in [2.75, 3.05) is 5.32 Å². The molecule has 8 heteroatoms. The molecule has 0 spiro atoms. The molecule has 3 aromatic rings. The summed E-state index contributed by atoms with van der Waals surface area (Å²) in [7, 11) is 0. The number of aromatic nitrogens is 3. The van der Waals surface area contributed by atoms with Crippen LogP contribution in [0.15, 0.2) is 30.3 Å². The Morgan fingerprint density at radius 2 is 1.84 bits per heavy atom. The molecule has 0 fully saturated rings. The largest absolute Gasteiger partial charge is 0.324 e. The number of nitro groups is 1. The van der Waals surface area contributed by atoms with Crippen molar-refractivity contribution in [3.05, 3.63) is 57.5 Å². The zero-order chi connectivity index (χ0) is 22.4. The van der Waals surface area contributed by atoms with Crippen molar-refractivity contribution in [1.29, 1.82) is 0 Å². The number of amides is 1. The Hall–Kier alpha value is -3.29. The molecule has 0 aliphatic rings. The first-order valence-electron chi connectivity index (χ1n) is 10.8. The molecule has 164 valence electrons. The molecule has 1 N–H and O–H groups in total. The van der Waals surface area contributed by atoms with Crippen molar-refractivity contribution < 1.29 is 9.72 Å².